The van der Waals surface area contributed by atoms with E-state index >= 15 is 0 Å². The largest absolute Gasteiger partial charge is 0.464 e. The van der Waals surface area contributed by atoms with Crippen LogP contribution in [-0.2, 0) is 16.6 Å². The standard InChI is InChI=1S/C17H22N2O4S/c1-4-10-24(21,22)18-15-7-5-6-14(11-15)17(20)19(3)12-16-9-8-13(2)23-16/h5-9,11,18H,4,10,12H2,1-3H3. The minimum Gasteiger partial charge on any atom is -0.464 e. The van der Waals surface area contributed by atoms with Crippen LogP contribution >= 0.6 is 0 Å². The molecular weight excluding hydrogens is 328 g/mol. The Bertz CT molecular complexity index is 812. The molecule has 0 saturated heterocycles. The van der Waals surface area contributed by atoms with E-state index in [0.29, 0.717) is 30.0 Å². The van der Waals surface area contributed by atoms with Gasteiger partial charge >= 0.3 is 0 Å². The fourth-order valence-electron chi connectivity index (χ4n) is 2.31. The minimum absolute atomic E-state index is 0.0446. The Morgan fingerprint density at radius 3 is 2.62 bits per heavy atom. The molecule has 0 radical (unpaired) electrons. The predicted molar refractivity (Wildman–Crippen MR) is 93.4 cm³/mol. The molecule has 0 aliphatic rings. The summed E-state index contributed by atoms with van der Waals surface area (Å²) in [5, 5.41) is 0. The van der Waals surface area contributed by atoms with Crippen molar-refractivity contribution < 1.29 is 17.6 Å². The summed E-state index contributed by atoms with van der Waals surface area (Å²) in [6.07, 6.45) is 0.527. The normalized spacial score (nSPS) is 11.3. The van der Waals surface area contributed by atoms with Gasteiger partial charge in [-0.2, -0.15) is 0 Å². The molecule has 0 unspecified atom stereocenters. The molecule has 0 bridgehead atoms. The van der Waals surface area contributed by atoms with Crippen LogP contribution in [0.4, 0.5) is 5.69 Å². The number of aryl methyl sites for hydroxylation is 1. The van der Waals surface area contributed by atoms with Gasteiger partial charge in [-0.1, -0.05) is 13.0 Å². The number of carbonyl (C=O) groups is 1. The highest BCUT2D eigenvalue weighted by molar-refractivity contribution is 7.92. The van der Waals surface area contributed by atoms with Gasteiger partial charge < -0.3 is 9.32 Å². The first kappa shape index (κ1) is 18.1. The fraction of sp³-hybridized carbons (Fsp3) is 0.353. The molecule has 130 valence electrons. The summed E-state index contributed by atoms with van der Waals surface area (Å²) in [6, 6.07) is 10.1. The van der Waals surface area contributed by atoms with Crippen LogP contribution in [0.1, 0.15) is 35.2 Å². The molecule has 7 heteroatoms. The maximum atomic E-state index is 12.5. The molecule has 0 fully saturated rings. The van der Waals surface area contributed by atoms with Crippen molar-refractivity contribution in [3.8, 4) is 0 Å². The van der Waals surface area contributed by atoms with Crippen molar-refractivity contribution >= 4 is 21.6 Å². The van der Waals surface area contributed by atoms with Gasteiger partial charge in [0.15, 0.2) is 0 Å². The smallest absolute Gasteiger partial charge is 0.254 e. The summed E-state index contributed by atoms with van der Waals surface area (Å²) >= 11 is 0. The number of benzene rings is 1. The second-order valence-corrected chi connectivity index (χ2v) is 7.52. The van der Waals surface area contributed by atoms with Crippen LogP contribution in [0.25, 0.3) is 0 Å². The van der Waals surface area contributed by atoms with E-state index in [1.165, 1.54) is 4.90 Å². The van der Waals surface area contributed by atoms with E-state index in [1.807, 2.05) is 19.1 Å². The predicted octanol–water partition coefficient (Wildman–Crippen LogP) is 3.01. The lowest BCUT2D eigenvalue weighted by Gasteiger charge is -2.16. The maximum Gasteiger partial charge on any atom is 0.254 e. The van der Waals surface area contributed by atoms with E-state index in [4.69, 9.17) is 4.42 Å². The molecule has 1 amide bonds. The van der Waals surface area contributed by atoms with Gasteiger partial charge in [0.25, 0.3) is 5.91 Å². The number of nitrogens with one attached hydrogen (secondary N) is 1. The molecule has 0 spiro atoms. The first-order valence-electron chi connectivity index (χ1n) is 7.72. The van der Waals surface area contributed by atoms with Gasteiger partial charge in [-0.05, 0) is 43.7 Å². The van der Waals surface area contributed by atoms with Crippen LogP contribution in [0.5, 0.6) is 0 Å². The third-order valence-corrected chi connectivity index (χ3v) is 4.88. The van der Waals surface area contributed by atoms with Gasteiger partial charge in [-0.25, -0.2) is 8.42 Å². The topological polar surface area (TPSA) is 79.6 Å². The second-order valence-electron chi connectivity index (χ2n) is 5.68. The van der Waals surface area contributed by atoms with Gasteiger partial charge in [0.2, 0.25) is 10.0 Å². The lowest BCUT2D eigenvalue weighted by Crippen LogP contribution is -2.26. The minimum atomic E-state index is -3.38. The Balaban J connectivity index is 2.10. The molecule has 1 N–H and O–H groups in total. The third kappa shape index (κ3) is 4.86. The van der Waals surface area contributed by atoms with Crippen molar-refractivity contribution in [1.29, 1.82) is 0 Å². The van der Waals surface area contributed by atoms with Crippen molar-refractivity contribution in [2.24, 2.45) is 0 Å². The maximum absolute atomic E-state index is 12.5. The summed E-state index contributed by atoms with van der Waals surface area (Å²) < 4.78 is 31.6. The molecule has 24 heavy (non-hydrogen) atoms. The molecule has 1 aromatic heterocycles. The highest BCUT2D eigenvalue weighted by Gasteiger charge is 2.15. The number of hydrogen-bond acceptors (Lipinski definition) is 4. The van der Waals surface area contributed by atoms with Gasteiger partial charge in [-0.15, -0.1) is 0 Å². The van der Waals surface area contributed by atoms with E-state index in [9.17, 15) is 13.2 Å². The summed E-state index contributed by atoms with van der Waals surface area (Å²) in [5.41, 5.74) is 0.800. The van der Waals surface area contributed by atoms with Gasteiger partial charge in [0.1, 0.15) is 11.5 Å². The van der Waals surface area contributed by atoms with E-state index in [2.05, 4.69) is 4.72 Å². The van der Waals surface area contributed by atoms with Crippen LogP contribution in [0.3, 0.4) is 0 Å². The molecule has 6 nitrogen and oxygen atoms in total. The van der Waals surface area contributed by atoms with Crippen molar-refractivity contribution in [2.75, 3.05) is 17.5 Å². The zero-order valence-corrected chi connectivity index (χ0v) is 14.9. The number of rotatable bonds is 7. The van der Waals surface area contributed by atoms with Crippen LogP contribution in [0.2, 0.25) is 0 Å². The Hall–Kier alpha value is -2.28. The molecule has 2 rings (SSSR count). The monoisotopic (exact) mass is 350 g/mol. The first-order chi connectivity index (χ1) is 11.3. The van der Waals surface area contributed by atoms with Crippen molar-refractivity contribution in [3.05, 3.63) is 53.5 Å². The number of sulfonamides is 1. The zero-order chi connectivity index (χ0) is 17.7. The quantitative estimate of drug-likeness (QED) is 0.832. The number of anilines is 1. The summed E-state index contributed by atoms with van der Waals surface area (Å²) in [6.45, 7) is 3.99. The number of hydrogen-bond donors (Lipinski definition) is 1. The first-order valence-corrected chi connectivity index (χ1v) is 9.37. The Morgan fingerprint density at radius 2 is 2.00 bits per heavy atom. The van der Waals surface area contributed by atoms with E-state index in [1.54, 1.807) is 38.2 Å². The fourth-order valence-corrected chi connectivity index (χ4v) is 3.44. The zero-order valence-electron chi connectivity index (χ0n) is 14.1. The van der Waals surface area contributed by atoms with Crippen LogP contribution in [0.15, 0.2) is 40.8 Å². The van der Waals surface area contributed by atoms with Gasteiger partial charge in [0, 0.05) is 18.3 Å². The molecular formula is C17H22N2O4S. The summed E-state index contributed by atoms with van der Waals surface area (Å²) in [4.78, 5) is 14.0. The van der Waals surface area contributed by atoms with Crippen molar-refractivity contribution in [1.82, 2.24) is 4.90 Å². The van der Waals surface area contributed by atoms with Crippen molar-refractivity contribution in [3.63, 3.8) is 0 Å². The molecule has 1 aromatic carbocycles. The molecule has 0 atom stereocenters. The molecule has 2 aromatic rings. The average Bonchev–Trinajstić information content (AvgIpc) is 2.91. The third-order valence-electron chi connectivity index (χ3n) is 3.39. The number of amides is 1. The lowest BCUT2D eigenvalue weighted by molar-refractivity contribution is 0.0775. The van der Waals surface area contributed by atoms with Crippen LogP contribution in [-0.4, -0.2) is 32.0 Å². The lowest BCUT2D eigenvalue weighted by atomic mass is 10.2. The Kier molecular flexibility index (Phi) is 5.66. The number of nitrogens with zero attached hydrogens (tertiary/aromatic N) is 1. The van der Waals surface area contributed by atoms with Gasteiger partial charge in [-0.3, -0.25) is 9.52 Å². The summed E-state index contributed by atoms with van der Waals surface area (Å²) in [5.74, 6) is 1.32. The van der Waals surface area contributed by atoms with E-state index in [-0.39, 0.29) is 11.7 Å². The Morgan fingerprint density at radius 1 is 1.25 bits per heavy atom. The van der Waals surface area contributed by atoms with Crippen LogP contribution in [0, 0.1) is 6.92 Å². The Labute approximate surface area is 142 Å². The molecule has 0 aliphatic carbocycles. The summed E-state index contributed by atoms with van der Waals surface area (Å²) in [7, 11) is -1.71. The second kappa shape index (κ2) is 7.53. The number of furan rings is 1. The van der Waals surface area contributed by atoms with Crippen LogP contribution < -0.4 is 4.72 Å². The molecule has 1 heterocycles. The van der Waals surface area contributed by atoms with Gasteiger partial charge in [0.05, 0.1) is 12.3 Å². The molecule has 0 aliphatic heterocycles. The number of carbonyl (C=O) groups excluding carboxylic acids is 1. The molecule has 0 saturated carbocycles. The highest BCUT2D eigenvalue weighted by atomic mass is 32.2. The van der Waals surface area contributed by atoms with E-state index in [0.717, 1.165) is 5.76 Å². The van der Waals surface area contributed by atoms with E-state index < -0.39 is 10.0 Å². The SMILES string of the molecule is CCCS(=O)(=O)Nc1cccc(C(=O)N(C)Cc2ccc(C)o2)c1. The average molecular weight is 350 g/mol. The highest BCUT2D eigenvalue weighted by Crippen LogP contribution is 2.16. The van der Waals surface area contributed by atoms with Crippen molar-refractivity contribution in [2.45, 2.75) is 26.8 Å².